The summed E-state index contributed by atoms with van der Waals surface area (Å²) in [7, 11) is -3.59. The molecule has 96 valence electrons. The Morgan fingerprint density at radius 1 is 1.33 bits per heavy atom. The third-order valence-electron chi connectivity index (χ3n) is 2.48. The van der Waals surface area contributed by atoms with Crippen molar-refractivity contribution in [3.8, 4) is 0 Å². The lowest BCUT2D eigenvalue weighted by Gasteiger charge is -2.08. The molecule has 0 fully saturated rings. The number of sulfonamides is 1. The van der Waals surface area contributed by atoms with E-state index < -0.39 is 10.0 Å². The van der Waals surface area contributed by atoms with Gasteiger partial charge >= 0.3 is 0 Å². The van der Waals surface area contributed by atoms with E-state index in [1.54, 1.807) is 25.1 Å². The molecule has 0 aliphatic rings. The molecule has 0 bridgehead atoms. The number of rotatable bonds is 3. The van der Waals surface area contributed by atoms with Gasteiger partial charge in [-0.1, -0.05) is 15.9 Å². The number of hydrogen-bond donors (Lipinski definition) is 2. The third kappa shape index (κ3) is 2.56. The quantitative estimate of drug-likeness (QED) is 0.908. The first-order chi connectivity index (χ1) is 8.40. The fraction of sp³-hybridized carbons (Fsp3) is 0.182. The van der Waals surface area contributed by atoms with Gasteiger partial charge in [-0.15, -0.1) is 0 Å². The minimum Gasteiger partial charge on any atom is -0.281 e. The van der Waals surface area contributed by atoms with Crippen molar-refractivity contribution in [3.05, 3.63) is 40.1 Å². The molecule has 2 aromatic rings. The summed E-state index contributed by atoms with van der Waals surface area (Å²) in [5, 5.41) is 6.31. The molecule has 0 spiro atoms. The number of aromatic amines is 1. The van der Waals surface area contributed by atoms with E-state index in [1.807, 2.05) is 6.92 Å². The Morgan fingerprint density at radius 2 is 2.06 bits per heavy atom. The summed E-state index contributed by atoms with van der Waals surface area (Å²) in [6.07, 6.45) is 1.30. The van der Waals surface area contributed by atoms with Crippen molar-refractivity contribution in [3.63, 3.8) is 0 Å². The molecule has 0 aliphatic carbocycles. The van der Waals surface area contributed by atoms with E-state index in [2.05, 4.69) is 30.8 Å². The van der Waals surface area contributed by atoms with Crippen molar-refractivity contribution in [1.82, 2.24) is 10.2 Å². The molecular formula is C11H12BrN3O2S. The zero-order chi connectivity index (χ0) is 13.3. The second-order valence-corrected chi connectivity index (χ2v) is 6.43. The summed E-state index contributed by atoms with van der Waals surface area (Å²) in [5.41, 5.74) is 1.99. The highest BCUT2D eigenvalue weighted by molar-refractivity contribution is 9.10. The van der Waals surface area contributed by atoms with Gasteiger partial charge < -0.3 is 0 Å². The van der Waals surface area contributed by atoms with Gasteiger partial charge in [-0.3, -0.25) is 9.82 Å². The zero-order valence-corrected chi connectivity index (χ0v) is 12.3. The lowest BCUT2D eigenvalue weighted by atomic mass is 10.2. The molecule has 0 amide bonds. The van der Waals surface area contributed by atoms with Crippen molar-refractivity contribution in [2.24, 2.45) is 0 Å². The Bertz CT molecular complexity index is 679. The molecule has 0 unspecified atom stereocenters. The van der Waals surface area contributed by atoms with E-state index in [9.17, 15) is 8.42 Å². The Hall–Kier alpha value is -1.34. The minimum atomic E-state index is -3.59. The fourth-order valence-electron chi connectivity index (χ4n) is 1.53. The predicted molar refractivity (Wildman–Crippen MR) is 73.0 cm³/mol. The van der Waals surface area contributed by atoms with E-state index in [-0.39, 0.29) is 4.90 Å². The third-order valence-corrected chi connectivity index (χ3v) is 4.87. The van der Waals surface area contributed by atoms with E-state index in [1.165, 1.54) is 6.20 Å². The topological polar surface area (TPSA) is 74.8 Å². The summed E-state index contributed by atoms with van der Waals surface area (Å²) in [6.45, 7) is 3.55. The standard InChI is InChI=1S/C11H12BrN3O2S/c1-7-5-9(3-4-10(7)12)15-18(16,17)11-6-13-14-8(11)2/h3-6,15H,1-2H3,(H,13,14). The Morgan fingerprint density at radius 3 is 2.61 bits per heavy atom. The van der Waals surface area contributed by atoms with Gasteiger partial charge in [0.2, 0.25) is 0 Å². The van der Waals surface area contributed by atoms with Gasteiger partial charge in [0.15, 0.2) is 0 Å². The van der Waals surface area contributed by atoms with Crippen LogP contribution in [0.2, 0.25) is 0 Å². The van der Waals surface area contributed by atoms with Gasteiger partial charge in [-0.25, -0.2) is 8.42 Å². The number of H-pyrrole nitrogens is 1. The summed E-state index contributed by atoms with van der Waals surface area (Å²) in [6, 6.07) is 5.26. The number of nitrogens with one attached hydrogen (secondary N) is 2. The Labute approximate surface area is 114 Å². The maximum Gasteiger partial charge on any atom is 0.265 e. The van der Waals surface area contributed by atoms with Crippen LogP contribution in [-0.2, 0) is 10.0 Å². The molecule has 18 heavy (non-hydrogen) atoms. The van der Waals surface area contributed by atoms with Crippen molar-refractivity contribution in [1.29, 1.82) is 0 Å². The van der Waals surface area contributed by atoms with Crippen LogP contribution in [0, 0.1) is 13.8 Å². The minimum absolute atomic E-state index is 0.156. The summed E-state index contributed by atoms with van der Waals surface area (Å²) < 4.78 is 27.6. The molecule has 0 aliphatic heterocycles. The van der Waals surface area contributed by atoms with Crippen molar-refractivity contribution >= 4 is 31.6 Å². The van der Waals surface area contributed by atoms with E-state index >= 15 is 0 Å². The van der Waals surface area contributed by atoms with Gasteiger partial charge in [0.25, 0.3) is 10.0 Å². The molecule has 1 aromatic carbocycles. The van der Waals surface area contributed by atoms with Gasteiger partial charge in [0.1, 0.15) is 4.90 Å². The van der Waals surface area contributed by atoms with Gasteiger partial charge in [-0.2, -0.15) is 5.10 Å². The monoisotopic (exact) mass is 329 g/mol. The zero-order valence-electron chi connectivity index (χ0n) is 9.86. The van der Waals surface area contributed by atoms with Crippen LogP contribution < -0.4 is 4.72 Å². The fourth-order valence-corrected chi connectivity index (χ4v) is 2.96. The molecule has 0 saturated heterocycles. The summed E-state index contributed by atoms with van der Waals surface area (Å²) in [4.78, 5) is 0.156. The smallest absolute Gasteiger partial charge is 0.265 e. The van der Waals surface area contributed by atoms with E-state index in [4.69, 9.17) is 0 Å². The molecule has 0 saturated carbocycles. The first-order valence-corrected chi connectivity index (χ1v) is 7.47. The number of nitrogens with zero attached hydrogens (tertiary/aromatic N) is 1. The number of hydrogen-bond acceptors (Lipinski definition) is 3. The maximum absolute atomic E-state index is 12.1. The largest absolute Gasteiger partial charge is 0.281 e. The van der Waals surface area contributed by atoms with Crippen molar-refractivity contribution in [2.45, 2.75) is 18.7 Å². The molecule has 2 N–H and O–H groups in total. The van der Waals surface area contributed by atoms with E-state index in [0.29, 0.717) is 11.4 Å². The SMILES string of the molecule is Cc1cc(NS(=O)(=O)c2cn[nH]c2C)ccc1Br. The van der Waals surface area contributed by atoms with Gasteiger partial charge in [-0.05, 0) is 37.6 Å². The lowest BCUT2D eigenvalue weighted by molar-refractivity contribution is 0.600. The van der Waals surface area contributed by atoms with Crippen LogP contribution in [-0.4, -0.2) is 18.6 Å². The lowest BCUT2D eigenvalue weighted by Crippen LogP contribution is -2.13. The Kier molecular flexibility index (Phi) is 3.45. The molecule has 2 rings (SSSR count). The highest BCUT2D eigenvalue weighted by atomic mass is 79.9. The van der Waals surface area contributed by atoms with Crippen molar-refractivity contribution < 1.29 is 8.42 Å². The summed E-state index contributed by atoms with van der Waals surface area (Å²) in [5.74, 6) is 0. The van der Waals surface area contributed by atoms with Crippen LogP contribution in [0.3, 0.4) is 0 Å². The van der Waals surface area contributed by atoms with Crippen LogP contribution in [0.25, 0.3) is 0 Å². The molecular weight excluding hydrogens is 318 g/mol. The van der Waals surface area contributed by atoms with Crippen LogP contribution in [0.5, 0.6) is 0 Å². The molecule has 0 atom stereocenters. The highest BCUT2D eigenvalue weighted by Gasteiger charge is 2.18. The number of anilines is 1. The summed E-state index contributed by atoms with van der Waals surface area (Å²) >= 11 is 3.37. The van der Waals surface area contributed by atoms with Crippen LogP contribution in [0.15, 0.2) is 33.8 Å². The van der Waals surface area contributed by atoms with E-state index in [0.717, 1.165) is 10.0 Å². The predicted octanol–water partition coefficient (Wildman–Crippen LogP) is 2.59. The number of aromatic nitrogens is 2. The first-order valence-electron chi connectivity index (χ1n) is 5.19. The molecule has 7 heteroatoms. The van der Waals surface area contributed by atoms with Crippen LogP contribution >= 0.6 is 15.9 Å². The van der Waals surface area contributed by atoms with Crippen LogP contribution in [0.4, 0.5) is 5.69 Å². The Balaban J connectivity index is 2.34. The highest BCUT2D eigenvalue weighted by Crippen LogP contribution is 2.22. The molecule has 1 aromatic heterocycles. The molecule has 5 nitrogen and oxygen atoms in total. The van der Waals surface area contributed by atoms with Gasteiger partial charge in [0.05, 0.1) is 11.9 Å². The number of aryl methyl sites for hydroxylation is 2. The average molecular weight is 330 g/mol. The normalized spacial score (nSPS) is 11.5. The second-order valence-electron chi connectivity index (χ2n) is 3.93. The second kappa shape index (κ2) is 4.74. The number of halogens is 1. The first kappa shape index (κ1) is 13.1. The average Bonchev–Trinajstić information content (AvgIpc) is 2.70. The van der Waals surface area contributed by atoms with Gasteiger partial charge in [0, 0.05) is 10.2 Å². The molecule has 0 radical (unpaired) electrons. The number of benzene rings is 1. The van der Waals surface area contributed by atoms with Crippen molar-refractivity contribution in [2.75, 3.05) is 4.72 Å². The maximum atomic E-state index is 12.1. The molecule has 1 heterocycles. The van der Waals surface area contributed by atoms with Crippen LogP contribution in [0.1, 0.15) is 11.3 Å².